The first-order valence-corrected chi connectivity index (χ1v) is 7.37. The van der Waals surface area contributed by atoms with E-state index in [1.807, 2.05) is 32.0 Å². The van der Waals surface area contributed by atoms with Crippen molar-refractivity contribution in [2.45, 2.75) is 38.5 Å². The minimum atomic E-state index is 0.0878. The lowest BCUT2D eigenvalue weighted by atomic mass is 10.1. The van der Waals surface area contributed by atoms with Gasteiger partial charge in [0.1, 0.15) is 0 Å². The highest BCUT2D eigenvalue weighted by molar-refractivity contribution is 5.55. The smallest absolute Gasteiger partial charge is 0.237 e. The molecule has 0 aliphatic heterocycles. The first-order chi connectivity index (χ1) is 10.1. The molecule has 1 aromatic carbocycles. The Balaban J connectivity index is 1.85. The van der Waals surface area contributed by atoms with Gasteiger partial charge in [0.15, 0.2) is 0 Å². The largest absolute Gasteiger partial charge is 0.473 e. The van der Waals surface area contributed by atoms with Gasteiger partial charge in [0.2, 0.25) is 5.88 Å². The molecule has 0 radical (unpaired) electrons. The highest BCUT2D eigenvalue weighted by Crippen LogP contribution is 2.40. The van der Waals surface area contributed by atoms with E-state index in [-0.39, 0.29) is 18.2 Å². The summed E-state index contributed by atoms with van der Waals surface area (Å²) in [6, 6.07) is 12.5. The van der Waals surface area contributed by atoms with E-state index in [0.717, 1.165) is 12.1 Å². The number of anilines is 1. The number of nitrogens with zero attached hydrogens (tertiary/aromatic N) is 1. The summed E-state index contributed by atoms with van der Waals surface area (Å²) in [6.07, 6.45) is 2.73. The number of pyridine rings is 1. The number of aromatic nitrogens is 1. The number of hydrogen-bond acceptors (Lipinski definition) is 4. The van der Waals surface area contributed by atoms with Crippen LogP contribution in [0.5, 0.6) is 5.88 Å². The van der Waals surface area contributed by atoms with Gasteiger partial charge >= 0.3 is 0 Å². The van der Waals surface area contributed by atoms with E-state index >= 15 is 0 Å². The molecule has 1 aliphatic rings. The average Bonchev–Trinajstić information content (AvgIpc) is 2.78. The Kier molecular flexibility index (Phi) is 3.80. The third kappa shape index (κ3) is 2.85. The monoisotopic (exact) mass is 283 g/mol. The summed E-state index contributed by atoms with van der Waals surface area (Å²) in [6.45, 7) is 4.00. The van der Waals surface area contributed by atoms with Gasteiger partial charge in [0.05, 0.1) is 17.8 Å². The SMILES string of the molecule is CC(C)Oc1ncccc1NC1CC(N)c2ccccc21. The predicted molar refractivity (Wildman–Crippen MR) is 84.4 cm³/mol. The van der Waals surface area contributed by atoms with Crippen LogP contribution >= 0.6 is 0 Å². The molecule has 0 fully saturated rings. The van der Waals surface area contributed by atoms with Gasteiger partial charge in [-0.1, -0.05) is 24.3 Å². The zero-order valence-electron chi connectivity index (χ0n) is 12.4. The fourth-order valence-electron chi connectivity index (χ4n) is 2.82. The maximum Gasteiger partial charge on any atom is 0.237 e. The van der Waals surface area contributed by atoms with Crippen LogP contribution in [0.15, 0.2) is 42.6 Å². The van der Waals surface area contributed by atoms with Crippen LogP contribution in [-0.4, -0.2) is 11.1 Å². The topological polar surface area (TPSA) is 60.2 Å². The second-order valence-electron chi connectivity index (χ2n) is 5.69. The van der Waals surface area contributed by atoms with Gasteiger partial charge in [-0.15, -0.1) is 0 Å². The van der Waals surface area contributed by atoms with Gasteiger partial charge in [0, 0.05) is 12.2 Å². The van der Waals surface area contributed by atoms with Crippen molar-refractivity contribution in [3.63, 3.8) is 0 Å². The van der Waals surface area contributed by atoms with Crippen molar-refractivity contribution in [3.8, 4) is 5.88 Å². The van der Waals surface area contributed by atoms with Crippen molar-refractivity contribution in [3.05, 3.63) is 53.7 Å². The third-order valence-corrected chi connectivity index (χ3v) is 3.71. The van der Waals surface area contributed by atoms with E-state index in [9.17, 15) is 0 Å². The van der Waals surface area contributed by atoms with Crippen molar-refractivity contribution >= 4 is 5.69 Å². The molecule has 2 atom stereocenters. The van der Waals surface area contributed by atoms with Crippen molar-refractivity contribution in [2.24, 2.45) is 5.73 Å². The molecular weight excluding hydrogens is 262 g/mol. The predicted octanol–water partition coefficient (Wildman–Crippen LogP) is 3.43. The lowest BCUT2D eigenvalue weighted by Gasteiger charge is -2.19. The van der Waals surface area contributed by atoms with Gasteiger partial charge in [-0.3, -0.25) is 0 Å². The molecule has 4 nitrogen and oxygen atoms in total. The van der Waals surface area contributed by atoms with Crippen LogP contribution in [0, 0.1) is 0 Å². The summed E-state index contributed by atoms with van der Waals surface area (Å²) < 4.78 is 5.77. The zero-order valence-corrected chi connectivity index (χ0v) is 12.4. The molecule has 0 amide bonds. The Morgan fingerprint density at radius 3 is 2.71 bits per heavy atom. The summed E-state index contributed by atoms with van der Waals surface area (Å²) >= 11 is 0. The Hall–Kier alpha value is -2.07. The Morgan fingerprint density at radius 2 is 1.95 bits per heavy atom. The zero-order chi connectivity index (χ0) is 14.8. The van der Waals surface area contributed by atoms with Gasteiger partial charge in [-0.2, -0.15) is 0 Å². The molecule has 110 valence electrons. The number of nitrogens with one attached hydrogen (secondary N) is 1. The van der Waals surface area contributed by atoms with Crippen molar-refractivity contribution < 1.29 is 4.74 Å². The molecule has 2 aromatic rings. The van der Waals surface area contributed by atoms with Crippen LogP contribution in [-0.2, 0) is 0 Å². The lowest BCUT2D eigenvalue weighted by molar-refractivity contribution is 0.234. The number of hydrogen-bond donors (Lipinski definition) is 2. The normalized spacial score (nSPS) is 20.4. The summed E-state index contributed by atoms with van der Waals surface area (Å²) in [5.74, 6) is 0.644. The third-order valence-electron chi connectivity index (χ3n) is 3.71. The molecule has 1 aromatic heterocycles. The quantitative estimate of drug-likeness (QED) is 0.902. The van der Waals surface area contributed by atoms with Crippen molar-refractivity contribution in [2.75, 3.05) is 5.32 Å². The highest BCUT2D eigenvalue weighted by Gasteiger charge is 2.28. The molecule has 3 N–H and O–H groups in total. The Labute approximate surface area is 125 Å². The highest BCUT2D eigenvalue weighted by atomic mass is 16.5. The molecule has 0 bridgehead atoms. The molecule has 0 saturated heterocycles. The fraction of sp³-hybridized carbons (Fsp3) is 0.353. The number of fused-ring (bicyclic) bond motifs is 1. The summed E-state index contributed by atoms with van der Waals surface area (Å²) in [5, 5.41) is 3.53. The number of nitrogens with two attached hydrogens (primary N) is 1. The van der Waals surface area contributed by atoms with E-state index < -0.39 is 0 Å². The van der Waals surface area contributed by atoms with Gasteiger partial charge in [0.25, 0.3) is 0 Å². The number of rotatable bonds is 4. The maximum atomic E-state index is 6.22. The summed E-state index contributed by atoms with van der Waals surface area (Å²) in [5.41, 5.74) is 9.63. The second-order valence-corrected chi connectivity index (χ2v) is 5.69. The second kappa shape index (κ2) is 5.74. The standard InChI is InChI=1S/C17H21N3O/c1-11(2)21-17-15(8-5-9-19-17)20-16-10-14(18)12-6-3-4-7-13(12)16/h3-9,11,14,16,20H,10,18H2,1-2H3. The van der Waals surface area contributed by atoms with E-state index in [1.165, 1.54) is 11.1 Å². The average molecular weight is 283 g/mol. The molecule has 3 rings (SSSR count). The number of benzene rings is 1. The van der Waals surface area contributed by atoms with Gasteiger partial charge in [-0.25, -0.2) is 4.98 Å². The lowest BCUT2D eigenvalue weighted by Crippen LogP contribution is -2.13. The molecule has 0 saturated carbocycles. The minimum Gasteiger partial charge on any atom is -0.473 e. The summed E-state index contributed by atoms with van der Waals surface area (Å²) in [4.78, 5) is 4.32. The van der Waals surface area contributed by atoms with E-state index in [2.05, 4.69) is 28.5 Å². The molecule has 0 spiro atoms. The Bertz CT molecular complexity index is 627. The van der Waals surface area contributed by atoms with Crippen LogP contribution in [0.25, 0.3) is 0 Å². The van der Waals surface area contributed by atoms with E-state index in [0.29, 0.717) is 5.88 Å². The van der Waals surface area contributed by atoms with Crippen LogP contribution in [0.1, 0.15) is 43.5 Å². The van der Waals surface area contributed by atoms with Gasteiger partial charge in [-0.05, 0) is 43.5 Å². The first-order valence-electron chi connectivity index (χ1n) is 7.37. The summed E-state index contributed by atoms with van der Waals surface area (Å²) in [7, 11) is 0. The van der Waals surface area contributed by atoms with Crippen molar-refractivity contribution in [1.29, 1.82) is 0 Å². The minimum absolute atomic E-state index is 0.0878. The Morgan fingerprint density at radius 1 is 1.19 bits per heavy atom. The van der Waals surface area contributed by atoms with Crippen LogP contribution in [0.4, 0.5) is 5.69 Å². The molecule has 1 heterocycles. The maximum absolute atomic E-state index is 6.22. The van der Waals surface area contributed by atoms with E-state index in [4.69, 9.17) is 10.5 Å². The molecule has 21 heavy (non-hydrogen) atoms. The van der Waals surface area contributed by atoms with Gasteiger partial charge < -0.3 is 15.8 Å². The number of ether oxygens (including phenoxy) is 1. The van der Waals surface area contributed by atoms with Crippen molar-refractivity contribution in [1.82, 2.24) is 4.98 Å². The van der Waals surface area contributed by atoms with Crippen LogP contribution in [0.3, 0.4) is 0 Å². The molecule has 1 aliphatic carbocycles. The molecule has 2 unspecified atom stereocenters. The molecular formula is C17H21N3O. The molecule has 4 heteroatoms. The fourth-order valence-corrected chi connectivity index (χ4v) is 2.82. The van der Waals surface area contributed by atoms with Crippen LogP contribution < -0.4 is 15.8 Å². The first kappa shape index (κ1) is 13.9. The van der Waals surface area contributed by atoms with E-state index in [1.54, 1.807) is 6.20 Å². The van der Waals surface area contributed by atoms with Crippen LogP contribution in [0.2, 0.25) is 0 Å².